The Hall–Kier alpha value is -3.98. The van der Waals surface area contributed by atoms with Crippen molar-refractivity contribution in [3.8, 4) is 0 Å². The topological polar surface area (TPSA) is 204 Å². The van der Waals surface area contributed by atoms with E-state index in [9.17, 15) is 30.6 Å². The summed E-state index contributed by atoms with van der Waals surface area (Å²) in [5, 5.41) is 66.1. The van der Waals surface area contributed by atoms with Crippen LogP contribution in [-0.2, 0) is 69.1 Å². The molecule has 0 aliphatic carbocycles. The molecule has 64 heavy (non-hydrogen) atoms. The molecule has 6 N–H and O–H groups in total. The molecule has 3 heterocycles. The van der Waals surface area contributed by atoms with Crippen molar-refractivity contribution >= 4 is 0 Å². The molecule has 0 aromatic heterocycles. The van der Waals surface area contributed by atoms with Crippen LogP contribution in [-0.4, -0.2) is 142 Å². The zero-order valence-electron chi connectivity index (χ0n) is 35.5. The molecule has 0 unspecified atom stereocenters. The molecule has 0 spiro atoms. The second-order valence-electron chi connectivity index (χ2n) is 16.1. The first-order valence-electron chi connectivity index (χ1n) is 21.7. The third kappa shape index (κ3) is 12.3. The van der Waals surface area contributed by atoms with E-state index in [0.29, 0.717) is 0 Å². The minimum Gasteiger partial charge on any atom is -0.394 e. The molecular weight excluding hydrogens is 829 g/mol. The molecule has 0 saturated carbocycles. The number of aliphatic hydroxyl groups is 6. The van der Waals surface area contributed by atoms with Crippen LogP contribution in [0.5, 0.6) is 0 Å². The molecule has 0 bridgehead atoms. The van der Waals surface area contributed by atoms with Gasteiger partial charge in [-0.25, -0.2) is 0 Å². The smallest absolute Gasteiger partial charge is 0.187 e. The Morgan fingerprint density at radius 3 is 1.36 bits per heavy atom. The molecule has 3 aliphatic heterocycles. The van der Waals surface area contributed by atoms with Gasteiger partial charge in [0.25, 0.3) is 0 Å². The van der Waals surface area contributed by atoms with Crippen molar-refractivity contribution in [2.24, 2.45) is 0 Å². The van der Waals surface area contributed by atoms with Crippen molar-refractivity contribution < 1.29 is 73.3 Å². The van der Waals surface area contributed by atoms with Crippen LogP contribution in [0.1, 0.15) is 28.7 Å². The monoisotopic (exact) mass is 888 g/mol. The maximum Gasteiger partial charge on any atom is 0.187 e. The average molecular weight is 889 g/mol. The van der Waals surface area contributed by atoms with Gasteiger partial charge in [0, 0.05) is 0 Å². The van der Waals surface area contributed by atoms with E-state index in [0.717, 1.165) is 22.3 Å². The lowest BCUT2D eigenvalue weighted by atomic mass is 9.93. The standard InChI is InChI=1S/C49H60O15/c1-2-15-35-39(52)40(53)43(36(24-50)60-35)63-48-42(55)41(54)44(37(25-51)61-48)64-49-47(59-29-34-22-13-6-14-23-34)46(58-28-33-20-11-5-12-21-33)45(57-27-32-18-9-4-10-19-32)38(62-49)30-56-26-31-16-7-3-8-17-31/h2-14,16-23,35-55H,1,15,24-30H2/t35-,36-,37-,38-,39+,40-,41-,42-,43-,44+,45+,46+,47-,48+,49-/m1/s1. The third-order valence-corrected chi connectivity index (χ3v) is 11.6. The van der Waals surface area contributed by atoms with Gasteiger partial charge in [0.2, 0.25) is 0 Å². The Morgan fingerprint density at radius 1 is 0.438 bits per heavy atom. The van der Waals surface area contributed by atoms with E-state index in [1.807, 2.05) is 121 Å². The van der Waals surface area contributed by atoms with Crippen LogP contribution in [0.3, 0.4) is 0 Å². The lowest BCUT2D eigenvalue weighted by molar-refractivity contribution is -0.380. The van der Waals surface area contributed by atoms with Crippen molar-refractivity contribution in [2.75, 3.05) is 19.8 Å². The summed E-state index contributed by atoms with van der Waals surface area (Å²) in [6.07, 6.45) is -17.7. The van der Waals surface area contributed by atoms with Gasteiger partial charge in [-0.1, -0.05) is 127 Å². The number of hydrogen-bond acceptors (Lipinski definition) is 15. The molecule has 346 valence electrons. The van der Waals surface area contributed by atoms with Gasteiger partial charge in [0.05, 0.1) is 52.4 Å². The summed E-state index contributed by atoms with van der Waals surface area (Å²) in [7, 11) is 0. The van der Waals surface area contributed by atoms with Crippen molar-refractivity contribution in [1.82, 2.24) is 0 Å². The molecule has 0 amide bonds. The van der Waals surface area contributed by atoms with Crippen LogP contribution in [0.25, 0.3) is 0 Å². The highest BCUT2D eigenvalue weighted by Gasteiger charge is 2.55. The molecule has 4 aromatic carbocycles. The van der Waals surface area contributed by atoms with Crippen molar-refractivity contribution in [3.05, 3.63) is 156 Å². The second-order valence-corrected chi connectivity index (χ2v) is 16.1. The number of benzene rings is 4. The van der Waals surface area contributed by atoms with Gasteiger partial charge in [-0.05, 0) is 28.7 Å². The Morgan fingerprint density at radius 2 is 0.859 bits per heavy atom. The van der Waals surface area contributed by atoms with Gasteiger partial charge in [0.1, 0.15) is 73.2 Å². The number of rotatable bonds is 21. The molecule has 3 saturated heterocycles. The molecule has 15 heteroatoms. The highest BCUT2D eigenvalue weighted by molar-refractivity contribution is 5.17. The van der Waals surface area contributed by atoms with Crippen LogP contribution in [0.15, 0.2) is 134 Å². The molecule has 0 radical (unpaired) electrons. The normalized spacial score (nSPS) is 33.1. The summed E-state index contributed by atoms with van der Waals surface area (Å²) in [6, 6.07) is 38.5. The first kappa shape index (κ1) is 48.0. The summed E-state index contributed by atoms with van der Waals surface area (Å²) in [4.78, 5) is 0. The molecule has 3 fully saturated rings. The van der Waals surface area contributed by atoms with Crippen LogP contribution >= 0.6 is 0 Å². The number of aliphatic hydroxyl groups excluding tert-OH is 6. The molecule has 3 aliphatic rings. The first-order valence-corrected chi connectivity index (χ1v) is 21.7. The van der Waals surface area contributed by atoms with Gasteiger partial charge in [-0.2, -0.15) is 0 Å². The summed E-state index contributed by atoms with van der Waals surface area (Å²) >= 11 is 0. The van der Waals surface area contributed by atoms with Crippen LogP contribution < -0.4 is 0 Å². The van der Waals surface area contributed by atoms with Crippen LogP contribution in [0.4, 0.5) is 0 Å². The molecule has 15 nitrogen and oxygen atoms in total. The van der Waals surface area contributed by atoms with Crippen LogP contribution in [0.2, 0.25) is 0 Å². The van der Waals surface area contributed by atoms with E-state index in [1.165, 1.54) is 6.08 Å². The van der Waals surface area contributed by atoms with E-state index in [1.54, 1.807) is 0 Å². The maximum atomic E-state index is 11.8. The van der Waals surface area contributed by atoms with E-state index in [-0.39, 0.29) is 39.5 Å². The van der Waals surface area contributed by atoms with E-state index >= 15 is 0 Å². The Bertz CT molecular complexity index is 1930. The van der Waals surface area contributed by atoms with Gasteiger partial charge >= 0.3 is 0 Å². The fourth-order valence-corrected chi connectivity index (χ4v) is 8.19. The van der Waals surface area contributed by atoms with E-state index < -0.39 is 105 Å². The molecule has 4 aromatic rings. The number of hydrogen-bond donors (Lipinski definition) is 6. The largest absolute Gasteiger partial charge is 0.394 e. The minimum absolute atomic E-state index is 0.0216. The van der Waals surface area contributed by atoms with Crippen molar-refractivity contribution in [1.29, 1.82) is 0 Å². The fraction of sp³-hybridized carbons (Fsp3) is 0.469. The van der Waals surface area contributed by atoms with Gasteiger partial charge in [0.15, 0.2) is 12.6 Å². The van der Waals surface area contributed by atoms with E-state index in [2.05, 4.69) is 6.58 Å². The molecule has 15 atom stereocenters. The Balaban J connectivity index is 1.18. The van der Waals surface area contributed by atoms with Crippen molar-refractivity contribution in [2.45, 2.75) is 125 Å². The predicted molar refractivity (Wildman–Crippen MR) is 230 cm³/mol. The Kier molecular flexibility index (Phi) is 18.0. The van der Waals surface area contributed by atoms with E-state index in [4.69, 9.17) is 42.6 Å². The second kappa shape index (κ2) is 24.0. The minimum atomic E-state index is -1.83. The summed E-state index contributed by atoms with van der Waals surface area (Å²) < 4.78 is 57.6. The number of ether oxygens (including phenoxy) is 9. The lowest BCUT2D eigenvalue weighted by Crippen LogP contribution is -2.67. The van der Waals surface area contributed by atoms with Crippen LogP contribution in [0, 0.1) is 0 Å². The first-order chi connectivity index (χ1) is 31.3. The lowest BCUT2D eigenvalue weighted by Gasteiger charge is -2.49. The Labute approximate surface area is 373 Å². The third-order valence-electron chi connectivity index (χ3n) is 11.6. The zero-order chi connectivity index (χ0) is 44.8. The molecular formula is C49H60O15. The average Bonchev–Trinajstić information content (AvgIpc) is 3.33. The van der Waals surface area contributed by atoms with Gasteiger partial charge in [-0.15, -0.1) is 6.58 Å². The summed E-state index contributed by atoms with van der Waals surface area (Å²) in [5.74, 6) is 0. The molecule has 7 rings (SSSR count). The summed E-state index contributed by atoms with van der Waals surface area (Å²) in [6.45, 7) is 3.08. The highest BCUT2D eigenvalue weighted by Crippen LogP contribution is 2.36. The summed E-state index contributed by atoms with van der Waals surface area (Å²) in [5.41, 5.74) is 3.59. The maximum absolute atomic E-state index is 11.8. The van der Waals surface area contributed by atoms with Crippen molar-refractivity contribution in [3.63, 3.8) is 0 Å². The zero-order valence-corrected chi connectivity index (χ0v) is 35.5. The SMILES string of the molecule is C=CC[C@H]1O[C@H](CO)[C@@H](O[C@@H]2O[C@H](CO)[C@H](O[C@H]3O[C@H](COCc4ccccc4)[C@H](OCc4ccccc4)[C@H](OCc4ccccc4)[C@H]3OCc3ccccc3)[C@H](O)[C@H]2O)[C@H](O)[C@H]1O. The van der Waals surface area contributed by atoms with Gasteiger partial charge < -0.3 is 73.3 Å². The van der Waals surface area contributed by atoms with Gasteiger partial charge in [-0.3, -0.25) is 0 Å². The highest BCUT2D eigenvalue weighted by atomic mass is 16.8. The predicted octanol–water partition coefficient (Wildman–Crippen LogP) is 2.95. The quantitative estimate of drug-likeness (QED) is 0.0666. The fourth-order valence-electron chi connectivity index (χ4n) is 8.19.